The van der Waals surface area contributed by atoms with Gasteiger partial charge in [0.15, 0.2) is 0 Å². The number of pyridine rings is 1. The lowest BCUT2D eigenvalue weighted by atomic mass is 9.93. The monoisotopic (exact) mass is 374 g/mol. The molecule has 1 aliphatic rings. The van der Waals surface area contributed by atoms with Crippen LogP contribution in [0.4, 0.5) is 0 Å². The summed E-state index contributed by atoms with van der Waals surface area (Å²) in [5, 5.41) is 8.95. The lowest BCUT2D eigenvalue weighted by Gasteiger charge is -2.18. The van der Waals surface area contributed by atoms with E-state index in [4.69, 9.17) is 0 Å². The van der Waals surface area contributed by atoms with E-state index in [1.807, 2.05) is 30.3 Å². The van der Waals surface area contributed by atoms with Crippen molar-refractivity contribution in [1.82, 2.24) is 20.1 Å². The van der Waals surface area contributed by atoms with E-state index >= 15 is 0 Å². The van der Waals surface area contributed by atoms with E-state index in [0.29, 0.717) is 24.2 Å². The molecule has 1 N–H and O–H groups in total. The third kappa shape index (κ3) is 3.86. The van der Waals surface area contributed by atoms with E-state index in [1.165, 1.54) is 4.68 Å². The largest absolute Gasteiger partial charge is 0.350 e. The van der Waals surface area contributed by atoms with Gasteiger partial charge in [-0.1, -0.05) is 36.4 Å². The highest BCUT2D eigenvalue weighted by molar-refractivity contribution is 5.84. The van der Waals surface area contributed by atoms with Gasteiger partial charge in [0.2, 0.25) is 5.91 Å². The van der Waals surface area contributed by atoms with Crippen LogP contribution in [0.5, 0.6) is 0 Å². The van der Waals surface area contributed by atoms with Crippen molar-refractivity contribution < 1.29 is 4.79 Å². The number of rotatable bonds is 5. The van der Waals surface area contributed by atoms with Crippen molar-refractivity contribution in [2.75, 3.05) is 0 Å². The summed E-state index contributed by atoms with van der Waals surface area (Å²) in [6.45, 7) is 0.638. The summed E-state index contributed by atoms with van der Waals surface area (Å²) in [7, 11) is 0. The molecule has 1 aromatic carbocycles. The number of hydrogen-bond donors (Lipinski definition) is 1. The molecule has 28 heavy (non-hydrogen) atoms. The second-order valence-electron chi connectivity index (χ2n) is 7.02. The van der Waals surface area contributed by atoms with Crippen LogP contribution in [0.2, 0.25) is 0 Å². The molecule has 4 rings (SSSR count). The molecule has 1 atom stereocenters. The average molecular weight is 374 g/mol. The van der Waals surface area contributed by atoms with Gasteiger partial charge in [-0.15, -0.1) is 0 Å². The minimum absolute atomic E-state index is 0.0116. The maximum absolute atomic E-state index is 12.9. The van der Waals surface area contributed by atoms with Crippen LogP contribution in [0.1, 0.15) is 30.5 Å². The molecule has 0 spiro atoms. The van der Waals surface area contributed by atoms with Crippen LogP contribution in [0.25, 0.3) is 10.8 Å². The second kappa shape index (κ2) is 8.17. The maximum Gasteiger partial charge on any atom is 0.274 e. The van der Waals surface area contributed by atoms with Crippen LogP contribution in [0, 0.1) is 5.92 Å². The number of hydrogen-bond acceptors (Lipinski definition) is 4. The van der Waals surface area contributed by atoms with Gasteiger partial charge in [-0.25, -0.2) is 4.68 Å². The molecular formula is C22H22N4O2. The fraction of sp³-hybridized carbons (Fsp3) is 0.273. The Hall–Kier alpha value is -3.28. The topological polar surface area (TPSA) is 76.9 Å². The van der Waals surface area contributed by atoms with Gasteiger partial charge in [0.05, 0.1) is 24.2 Å². The van der Waals surface area contributed by atoms with Gasteiger partial charge < -0.3 is 5.32 Å². The summed E-state index contributed by atoms with van der Waals surface area (Å²) in [5.41, 5.74) is 1.45. The summed E-state index contributed by atoms with van der Waals surface area (Å²) in [6.07, 6.45) is 10.2. The number of nitrogens with zero attached hydrogens (tertiary/aromatic N) is 3. The quantitative estimate of drug-likeness (QED) is 0.697. The molecular weight excluding hydrogens is 352 g/mol. The Bertz CT molecular complexity index is 1070. The third-order valence-electron chi connectivity index (χ3n) is 5.07. The summed E-state index contributed by atoms with van der Waals surface area (Å²) in [6, 6.07) is 11.1. The number of carbonyl (C=O) groups excluding carboxylic acids is 1. The molecule has 0 radical (unpaired) electrons. The van der Waals surface area contributed by atoms with E-state index in [-0.39, 0.29) is 17.4 Å². The predicted molar refractivity (Wildman–Crippen MR) is 108 cm³/mol. The molecule has 142 valence electrons. The SMILES string of the molecule is O=C(NCc1nn(Cc2cccnc2)c(=O)c2ccccc12)C1CC=CCC1. The Morgan fingerprint density at radius 3 is 2.75 bits per heavy atom. The van der Waals surface area contributed by atoms with Crippen LogP contribution in [-0.2, 0) is 17.9 Å². The van der Waals surface area contributed by atoms with Gasteiger partial charge >= 0.3 is 0 Å². The van der Waals surface area contributed by atoms with E-state index in [0.717, 1.165) is 30.2 Å². The van der Waals surface area contributed by atoms with Gasteiger partial charge in [-0.3, -0.25) is 14.6 Å². The Morgan fingerprint density at radius 1 is 1.14 bits per heavy atom. The van der Waals surface area contributed by atoms with Crippen molar-refractivity contribution in [3.63, 3.8) is 0 Å². The number of fused-ring (bicyclic) bond motifs is 1. The van der Waals surface area contributed by atoms with Crippen LogP contribution in [0.3, 0.4) is 0 Å². The normalized spacial score (nSPS) is 16.2. The first-order valence-corrected chi connectivity index (χ1v) is 9.53. The first-order valence-electron chi connectivity index (χ1n) is 9.53. The molecule has 1 amide bonds. The van der Waals surface area contributed by atoms with Crippen molar-refractivity contribution >= 4 is 16.7 Å². The molecule has 0 bridgehead atoms. The summed E-state index contributed by atoms with van der Waals surface area (Å²) < 4.78 is 1.45. The minimum Gasteiger partial charge on any atom is -0.350 e. The van der Waals surface area contributed by atoms with Crippen LogP contribution >= 0.6 is 0 Å². The molecule has 2 aromatic heterocycles. The predicted octanol–water partition coefficient (Wildman–Crippen LogP) is 2.81. The smallest absolute Gasteiger partial charge is 0.274 e. The zero-order valence-electron chi connectivity index (χ0n) is 15.5. The highest BCUT2D eigenvalue weighted by Crippen LogP contribution is 2.19. The fourth-order valence-electron chi connectivity index (χ4n) is 3.55. The van der Waals surface area contributed by atoms with Gasteiger partial charge in [-0.05, 0) is 37.0 Å². The Morgan fingerprint density at radius 2 is 2.00 bits per heavy atom. The molecule has 3 aromatic rings. The number of amides is 1. The molecule has 1 aliphatic carbocycles. The van der Waals surface area contributed by atoms with Gasteiger partial charge in [0, 0.05) is 23.7 Å². The highest BCUT2D eigenvalue weighted by atomic mass is 16.2. The first kappa shape index (κ1) is 18.1. The van der Waals surface area contributed by atoms with Crippen molar-refractivity contribution in [3.05, 3.63) is 82.6 Å². The number of allylic oxidation sites excluding steroid dienone is 2. The van der Waals surface area contributed by atoms with Crippen LogP contribution in [0.15, 0.2) is 65.7 Å². The van der Waals surface area contributed by atoms with Crippen molar-refractivity contribution in [3.8, 4) is 0 Å². The van der Waals surface area contributed by atoms with E-state index in [9.17, 15) is 9.59 Å². The molecule has 0 saturated carbocycles. The molecule has 0 fully saturated rings. The molecule has 6 heteroatoms. The maximum atomic E-state index is 12.9. The Balaban J connectivity index is 1.63. The van der Waals surface area contributed by atoms with Crippen molar-refractivity contribution in [2.45, 2.75) is 32.4 Å². The number of benzene rings is 1. The molecule has 2 heterocycles. The van der Waals surface area contributed by atoms with Gasteiger partial charge in [0.1, 0.15) is 0 Å². The fourth-order valence-corrected chi connectivity index (χ4v) is 3.55. The summed E-state index contributed by atoms with van der Waals surface area (Å²) in [4.78, 5) is 29.5. The van der Waals surface area contributed by atoms with Crippen molar-refractivity contribution in [1.29, 1.82) is 0 Å². The number of carbonyl (C=O) groups is 1. The minimum atomic E-state index is -0.146. The third-order valence-corrected chi connectivity index (χ3v) is 5.07. The molecule has 1 unspecified atom stereocenters. The molecule has 6 nitrogen and oxygen atoms in total. The zero-order valence-corrected chi connectivity index (χ0v) is 15.5. The molecule has 0 saturated heterocycles. The van der Waals surface area contributed by atoms with Gasteiger partial charge in [-0.2, -0.15) is 5.10 Å². The lowest BCUT2D eigenvalue weighted by molar-refractivity contribution is -0.125. The number of nitrogens with one attached hydrogen (secondary N) is 1. The highest BCUT2D eigenvalue weighted by Gasteiger charge is 2.19. The van der Waals surface area contributed by atoms with Crippen LogP contribution in [-0.4, -0.2) is 20.7 Å². The van der Waals surface area contributed by atoms with E-state index in [2.05, 4.69) is 27.6 Å². The van der Waals surface area contributed by atoms with Crippen molar-refractivity contribution in [2.24, 2.45) is 5.92 Å². The van der Waals surface area contributed by atoms with Crippen LogP contribution < -0.4 is 10.9 Å². The van der Waals surface area contributed by atoms with Gasteiger partial charge in [0.25, 0.3) is 5.56 Å². The summed E-state index contributed by atoms with van der Waals surface area (Å²) in [5.74, 6) is 0.0535. The summed E-state index contributed by atoms with van der Waals surface area (Å²) >= 11 is 0. The lowest BCUT2D eigenvalue weighted by Crippen LogP contribution is -2.32. The first-order chi connectivity index (χ1) is 13.7. The zero-order chi connectivity index (χ0) is 19.3. The van der Waals surface area contributed by atoms with E-state index < -0.39 is 0 Å². The number of aromatic nitrogens is 3. The molecule has 0 aliphatic heterocycles. The second-order valence-corrected chi connectivity index (χ2v) is 7.02. The standard InChI is InChI=1S/C22H22N4O2/c27-21(17-8-2-1-3-9-17)24-14-20-18-10-4-5-11-19(18)22(28)26(25-20)15-16-7-6-12-23-13-16/h1-2,4-7,10-13,17H,3,8-9,14-15H2,(H,24,27). The average Bonchev–Trinajstić information content (AvgIpc) is 2.76. The van der Waals surface area contributed by atoms with E-state index in [1.54, 1.807) is 18.5 Å². The Kier molecular flexibility index (Phi) is 5.28. The Labute approximate surface area is 162 Å².